The molecule has 2 heteroatoms. The van der Waals surface area contributed by atoms with Gasteiger partial charge in [-0.2, -0.15) is 0 Å². The Morgan fingerprint density at radius 3 is 2.80 bits per heavy atom. The van der Waals surface area contributed by atoms with Crippen LogP contribution in [0, 0.1) is 0 Å². The monoisotopic (exact) mass is 210 g/mol. The fourth-order valence-electron chi connectivity index (χ4n) is 1.99. The maximum absolute atomic E-state index is 11.1. The number of rotatable bonds is 6. The molecule has 1 rings (SSSR count). The Hall–Kier alpha value is -0.790. The van der Waals surface area contributed by atoms with Crippen molar-refractivity contribution in [2.75, 3.05) is 0 Å². The van der Waals surface area contributed by atoms with Crippen molar-refractivity contribution in [3.8, 4) is 0 Å². The summed E-state index contributed by atoms with van der Waals surface area (Å²) in [6, 6.07) is 0. The highest BCUT2D eigenvalue weighted by Gasteiger charge is 2.20. The molecule has 0 saturated heterocycles. The average Bonchev–Trinajstić information content (AvgIpc) is 2.26. The molecule has 0 spiro atoms. The number of carbonyl (C=O) groups excluding carboxylic acids is 1. The number of carbonyl (C=O) groups is 1. The van der Waals surface area contributed by atoms with Crippen LogP contribution in [0.4, 0.5) is 0 Å². The van der Waals surface area contributed by atoms with Gasteiger partial charge < -0.3 is 4.74 Å². The predicted molar refractivity (Wildman–Crippen MR) is 61.6 cm³/mol. The molecule has 1 unspecified atom stereocenters. The molecular weight excluding hydrogens is 188 g/mol. The molecule has 86 valence electrons. The van der Waals surface area contributed by atoms with Crippen LogP contribution in [0.1, 0.15) is 58.8 Å². The maximum atomic E-state index is 11.1. The Labute approximate surface area is 92.7 Å². The second-order valence-corrected chi connectivity index (χ2v) is 4.18. The Kier molecular flexibility index (Phi) is 5.44. The van der Waals surface area contributed by atoms with Gasteiger partial charge in [-0.3, -0.25) is 4.79 Å². The molecular formula is C13H22O2. The van der Waals surface area contributed by atoms with Crippen molar-refractivity contribution < 1.29 is 9.53 Å². The van der Waals surface area contributed by atoms with E-state index >= 15 is 0 Å². The van der Waals surface area contributed by atoms with Gasteiger partial charge in [0, 0.05) is 0 Å². The third-order valence-corrected chi connectivity index (χ3v) is 2.91. The first-order chi connectivity index (χ1) is 7.27. The molecule has 0 aromatic carbocycles. The first-order valence-corrected chi connectivity index (χ1v) is 6.16. The fourth-order valence-corrected chi connectivity index (χ4v) is 1.99. The summed E-state index contributed by atoms with van der Waals surface area (Å²) in [4.78, 5) is 11.1. The van der Waals surface area contributed by atoms with Crippen molar-refractivity contribution in [1.82, 2.24) is 0 Å². The summed E-state index contributed by atoms with van der Waals surface area (Å²) in [6.45, 7) is 4.29. The van der Waals surface area contributed by atoms with E-state index in [0.717, 1.165) is 12.8 Å². The van der Waals surface area contributed by atoms with E-state index in [1.165, 1.54) is 31.3 Å². The number of hydrogen-bond acceptors (Lipinski definition) is 2. The summed E-state index contributed by atoms with van der Waals surface area (Å²) < 4.78 is 5.30. The lowest BCUT2D eigenvalue weighted by Crippen LogP contribution is -2.23. The molecule has 0 bridgehead atoms. The Bertz CT molecular complexity index is 231. The van der Waals surface area contributed by atoms with Crippen molar-refractivity contribution in [2.45, 2.75) is 64.9 Å². The zero-order chi connectivity index (χ0) is 11.1. The first kappa shape index (κ1) is 12.3. The number of ether oxygens (including phenoxy) is 1. The smallest absolute Gasteiger partial charge is 0.310 e. The molecule has 0 aromatic rings. The first-order valence-electron chi connectivity index (χ1n) is 6.16. The van der Waals surface area contributed by atoms with E-state index < -0.39 is 0 Å². The van der Waals surface area contributed by atoms with Crippen LogP contribution in [0.25, 0.3) is 0 Å². The second-order valence-electron chi connectivity index (χ2n) is 4.18. The second kappa shape index (κ2) is 6.65. The number of hydrogen-bond donors (Lipinski definition) is 0. The largest absolute Gasteiger partial charge is 0.458 e. The van der Waals surface area contributed by atoms with Gasteiger partial charge in [-0.05, 0) is 24.8 Å². The summed E-state index contributed by atoms with van der Waals surface area (Å²) in [6.07, 6.45) is 9.72. The van der Waals surface area contributed by atoms with Crippen molar-refractivity contribution in [1.29, 1.82) is 0 Å². The molecule has 1 aliphatic rings. The minimum Gasteiger partial charge on any atom is -0.458 e. The van der Waals surface area contributed by atoms with Gasteiger partial charge in [0.2, 0.25) is 0 Å². The summed E-state index contributed by atoms with van der Waals surface area (Å²) in [5.74, 6) is -0.0702. The average molecular weight is 210 g/mol. The van der Waals surface area contributed by atoms with Crippen molar-refractivity contribution >= 4 is 5.97 Å². The van der Waals surface area contributed by atoms with Crippen molar-refractivity contribution in [2.24, 2.45) is 0 Å². The lowest BCUT2D eigenvalue weighted by molar-refractivity contribution is -0.147. The van der Waals surface area contributed by atoms with Crippen LogP contribution >= 0.6 is 0 Å². The van der Waals surface area contributed by atoms with Gasteiger partial charge in [0.15, 0.2) is 0 Å². The van der Waals surface area contributed by atoms with Gasteiger partial charge in [-0.15, -0.1) is 0 Å². The lowest BCUT2D eigenvalue weighted by Gasteiger charge is -2.23. The van der Waals surface area contributed by atoms with Crippen LogP contribution in [0.3, 0.4) is 0 Å². The predicted octanol–water partition coefficient (Wildman–Crippen LogP) is 3.61. The molecule has 0 aromatic heterocycles. The zero-order valence-corrected chi connectivity index (χ0v) is 9.92. The highest BCUT2D eigenvalue weighted by molar-refractivity contribution is 5.73. The molecule has 15 heavy (non-hydrogen) atoms. The highest BCUT2D eigenvalue weighted by Crippen LogP contribution is 2.23. The Morgan fingerprint density at radius 1 is 1.33 bits per heavy atom. The third kappa shape index (κ3) is 4.06. The standard InChI is InChI=1S/C13H22O2/c1-3-5-6-7-8-11-9-10-13(14)15-12(11)4-2/h9,12H,3-8,10H2,1-2H3. The summed E-state index contributed by atoms with van der Waals surface area (Å²) in [5, 5.41) is 0. The van der Waals surface area contributed by atoms with Crippen molar-refractivity contribution in [3.05, 3.63) is 11.6 Å². The third-order valence-electron chi connectivity index (χ3n) is 2.91. The number of cyclic esters (lactones) is 1. The fraction of sp³-hybridized carbons (Fsp3) is 0.769. The van der Waals surface area contributed by atoms with Gasteiger partial charge >= 0.3 is 5.97 Å². The van der Waals surface area contributed by atoms with Crippen LogP contribution in [0.15, 0.2) is 11.6 Å². The molecule has 0 saturated carbocycles. The van der Waals surface area contributed by atoms with E-state index in [2.05, 4.69) is 19.9 Å². The summed E-state index contributed by atoms with van der Waals surface area (Å²) >= 11 is 0. The van der Waals surface area contributed by atoms with Gasteiger partial charge in [-0.1, -0.05) is 39.2 Å². The molecule has 2 nitrogen and oxygen atoms in total. The molecule has 0 fully saturated rings. The minimum atomic E-state index is -0.0702. The molecule has 0 amide bonds. The molecule has 0 N–H and O–H groups in total. The van der Waals surface area contributed by atoms with E-state index in [1.54, 1.807) is 0 Å². The van der Waals surface area contributed by atoms with Gasteiger partial charge in [0.25, 0.3) is 0 Å². The summed E-state index contributed by atoms with van der Waals surface area (Å²) in [5.41, 5.74) is 1.34. The summed E-state index contributed by atoms with van der Waals surface area (Å²) in [7, 11) is 0. The highest BCUT2D eigenvalue weighted by atomic mass is 16.5. The van der Waals surface area contributed by atoms with E-state index in [0.29, 0.717) is 6.42 Å². The minimum absolute atomic E-state index is 0.0628. The van der Waals surface area contributed by atoms with E-state index in [9.17, 15) is 4.79 Å². The molecule has 1 heterocycles. The maximum Gasteiger partial charge on any atom is 0.310 e. The Morgan fingerprint density at radius 2 is 2.13 bits per heavy atom. The zero-order valence-electron chi connectivity index (χ0n) is 9.92. The van der Waals surface area contributed by atoms with Crippen LogP contribution < -0.4 is 0 Å². The quantitative estimate of drug-likeness (QED) is 0.380. The Balaban J connectivity index is 2.34. The molecule has 1 aliphatic heterocycles. The van der Waals surface area contributed by atoms with Crippen molar-refractivity contribution in [3.63, 3.8) is 0 Å². The van der Waals surface area contributed by atoms with Gasteiger partial charge in [0.1, 0.15) is 6.10 Å². The molecule has 1 atom stereocenters. The normalized spacial score (nSPS) is 21.1. The van der Waals surface area contributed by atoms with E-state index in [1.807, 2.05) is 0 Å². The van der Waals surface area contributed by atoms with Crippen LogP contribution in [-0.4, -0.2) is 12.1 Å². The number of unbranched alkanes of at least 4 members (excludes halogenated alkanes) is 3. The SMILES string of the molecule is CCCCCCC1=CCC(=O)OC1CC. The topological polar surface area (TPSA) is 26.3 Å². The number of esters is 1. The van der Waals surface area contributed by atoms with Crippen LogP contribution in [0.5, 0.6) is 0 Å². The van der Waals surface area contributed by atoms with Gasteiger partial charge in [-0.25, -0.2) is 0 Å². The van der Waals surface area contributed by atoms with Crippen LogP contribution in [-0.2, 0) is 9.53 Å². The van der Waals surface area contributed by atoms with Crippen LogP contribution in [0.2, 0.25) is 0 Å². The van der Waals surface area contributed by atoms with E-state index in [-0.39, 0.29) is 12.1 Å². The molecule has 0 aliphatic carbocycles. The van der Waals surface area contributed by atoms with E-state index in [4.69, 9.17) is 4.74 Å². The van der Waals surface area contributed by atoms with Gasteiger partial charge in [0.05, 0.1) is 6.42 Å². The lowest BCUT2D eigenvalue weighted by atomic mass is 9.97. The molecule has 0 radical (unpaired) electrons.